The van der Waals surface area contributed by atoms with Gasteiger partial charge in [0.1, 0.15) is 11.2 Å². The van der Waals surface area contributed by atoms with Crippen molar-refractivity contribution >= 4 is 17.6 Å². The van der Waals surface area contributed by atoms with Gasteiger partial charge in [0.05, 0.1) is 0 Å². The van der Waals surface area contributed by atoms with Gasteiger partial charge in [0, 0.05) is 6.54 Å². The minimum Gasteiger partial charge on any atom is -0.406 e. The summed E-state index contributed by atoms with van der Waals surface area (Å²) in [6, 6.07) is 6.47. The van der Waals surface area contributed by atoms with Crippen LogP contribution in [0.25, 0.3) is 0 Å². The molecule has 2 aromatic rings. The summed E-state index contributed by atoms with van der Waals surface area (Å²) in [5, 5.41) is 10.2. The van der Waals surface area contributed by atoms with Crippen molar-refractivity contribution in [2.45, 2.75) is 18.8 Å². The first-order valence-corrected chi connectivity index (χ1v) is 5.54. The number of rotatable bonds is 4. The highest BCUT2D eigenvalue weighted by Gasteiger charge is 2.10. The first-order valence-electron chi connectivity index (χ1n) is 5.11. The Bertz CT molecular complexity index is 484. The number of nitrogens with one attached hydrogen (secondary N) is 1. The monoisotopic (exact) mass is 255 g/mol. The Hall–Kier alpha value is -1.62. The molecule has 1 unspecified atom stereocenters. The van der Waals surface area contributed by atoms with Crippen molar-refractivity contribution in [1.29, 1.82) is 0 Å². The van der Waals surface area contributed by atoms with Crippen LogP contribution in [-0.2, 0) is 6.54 Å². The molecule has 0 radical (unpaired) electrons. The van der Waals surface area contributed by atoms with Crippen LogP contribution in [0.2, 0.25) is 0 Å². The lowest BCUT2D eigenvalue weighted by molar-refractivity contribution is 0.505. The Morgan fingerprint density at radius 3 is 2.65 bits per heavy atom. The topological polar surface area (TPSA) is 51.0 Å². The molecule has 1 heterocycles. The third kappa shape index (κ3) is 3.17. The fraction of sp³-hybridized carbons (Fsp3) is 0.273. The molecule has 6 heteroatoms. The molecule has 0 aliphatic rings. The second-order valence-electron chi connectivity index (χ2n) is 3.54. The van der Waals surface area contributed by atoms with Crippen molar-refractivity contribution in [3.63, 3.8) is 0 Å². The van der Waals surface area contributed by atoms with E-state index in [1.54, 1.807) is 19.1 Å². The Balaban J connectivity index is 1.95. The van der Waals surface area contributed by atoms with Gasteiger partial charge < -0.3 is 9.73 Å². The average molecular weight is 256 g/mol. The molecule has 1 N–H and O–H groups in total. The minimum atomic E-state index is -0.316. The number of aromatic nitrogens is 2. The van der Waals surface area contributed by atoms with Crippen LogP contribution < -0.4 is 5.32 Å². The van der Waals surface area contributed by atoms with Gasteiger partial charge in [0.15, 0.2) is 0 Å². The lowest BCUT2D eigenvalue weighted by Gasteiger charge is -2.01. The zero-order valence-corrected chi connectivity index (χ0v) is 9.91. The highest BCUT2D eigenvalue weighted by atomic mass is 35.5. The molecule has 1 atom stereocenters. The van der Waals surface area contributed by atoms with E-state index in [1.807, 2.05) is 0 Å². The molecule has 0 saturated heterocycles. The summed E-state index contributed by atoms with van der Waals surface area (Å²) in [6.07, 6.45) is 0. The van der Waals surface area contributed by atoms with Crippen molar-refractivity contribution in [3.8, 4) is 0 Å². The summed E-state index contributed by atoms with van der Waals surface area (Å²) >= 11 is 5.79. The number of hydrogen-bond acceptors (Lipinski definition) is 4. The lowest BCUT2D eigenvalue weighted by atomic mass is 10.2. The molecule has 0 spiro atoms. The molecule has 90 valence electrons. The molecule has 0 aliphatic heterocycles. The molecule has 0 bridgehead atoms. The van der Waals surface area contributed by atoms with Crippen molar-refractivity contribution in [3.05, 3.63) is 41.5 Å². The Kier molecular flexibility index (Phi) is 3.58. The van der Waals surface area contributed by atoms with Crippen LogP contribution in [0.1, 0.15) is 23.8 Å². The molecule has 4 nitrogen and oxygen atoms in total. The summed E-state index contributed by atoms with van der Waals surface area (Å²) in [5.41, 5.74) is 0.921. The van der Waals surface area contributed by atoms with Crippen LogP contribution in [0.3, 0.4) is 0 Å². The maximum Gasteiger partial charge on any atom is 0.315 e. The predicted molar refractivity (Wildman–Crippen MR) is 62.3 cm³/mol. The van der Waals surface area contributed by atoms with E-state index >= 15 is 0 Å². The molecule has 1 aromatic heterocycles. The molecule has 0 amide bonds. The summed E-state index contributed by atoms with van der Waals surface area (Å²) in [6.45, 7) is 2.23. The van der Waals surface area contributed by atoms with Gasteiger partial charge in [-0.3, -0.25) is 0 Å². The highest BCUT2D eigenvalue weighted by molar-refractivity contribution is 6.20. The number of alkyl halides is 1. The quantitative estimate of drug-likeness (QED) is 0.853. The maximum atomic E-state index is 12.7. The van der Waals surface area contributed by atoms with Crippen molar-refractivity contribution in [2.24, 2.45) is 0 Å². The smallest absolute Gasteiger partial charge is 0.315 e. The van der Waals surface area contributed by atoms with Crippen molar-refractivity contribution in [2.75, 3.05) is 5.32 Å². The SMILES string of the molecule is CC(Cl)c1nnc(NCc2ccc(F)cc2)o1. The molecule has 0 saturated carbocycles. The maximum absolute atomic E-state index is 12.7. The van der Waals surface area contributed by atoms with Gasteiger partial charge in [0.25, 0.3) is 0 Å². The van der Waals surface area contributed by atoms with E-state index in [-0.39, 0.29) is 11.2 Å². The second kappa shape index (κ2) is 5.14. The van der Waals surface area contributed by atoms with Crippen LogP contribution >= 0.6 is 11.6 Å². The molecule has 2 rings (SSSR count). The van der Waals surface area contributed by atoms with Gasteiger partial charge in [-0.15, -0.1) is 16.7 Å². The van der Waals surface area contributed by atoms with Crippen LogP contribution in [0, 0.1) is 5.82 Å². The van der Waals surface area contributed by atoms with Crippen molar-refractivity contribution < 1.29 is 8.81 Å². The third-order valence-corrected chi connectivity index (χ3v) is 2.32. The third-order valence-electron chi connectivity index (χ3n) is 2.14. The number of benzene rings is 1. The highest BCUT2D eigenvalue weighted by Crippen LogP contribution is 2.19. The first-order chi connectivity index (χ1) is 8.15. The van der Waals surface area contributed by atoms with E-state index in [2.05, 4.69) is 15.5 Å². The number of anilines is 1. The molecule has 0 fully saturated rings. The van der Waals surface area contributed by atoms with Gasteiger partial charge in [-0.1, -0.05) is 17.2 Å². The van der Waals surface area contributed by atoms with E-state index in [0.717, 1.165) is 5.56 Å². The molecule has 17 heavy (non-hydrogen) atoms. The Morgan fingerprint density at radius 2 is 2.06 bits per heavy atom. The zero-order valence-electron chi connectivity index (χ0n) is 9.15. The van der Waals surface area contributed by atoms with E-state index in [0.29, 0.717) is 18.5 Å². The normalized spacial score (nSPS) is 12.4. The molecule has 1 aromatic carbocycles. The van der Waals surface area contributed by atoms with Gasteiger partial charge in [-0.05, 0) is 24.6 Å². The molecular formula is C11H11ClFN3O. The van der Waals surface area contributed by atoms with Gasteiger partial charge in [-0.25, -0.2) is 4.39 Å². The fourth-order valence-corrected chi connectivity index (χ4v) is 1.33. The molecular weight excluding hydrogens is 245 g/mol. The minimum absolute atomic E-state index is 0.259. The van der Waals surface area contributed by atoms with Gasteiger partial charge in [-0.2, -0.15) is 0 Å². The number of halogens is 2. The summed E-state index contributed by atoms with van der Waals surface area (Å²) in [4.78, 5) is 0. The number of nitrogens with zero attached hydrogens (tertiary/aromatic N) is 2. The van der Waals surface area contributed by atoms with E-state index in [4.69, 9.17) is 16.0 Å². The lowest BCUT2D eigenvalue weighted by Crippen LogP contribution is -1.99. The van der Waals surface area contributed by atoms with Crippen LogP contribution in [0.4, 0.5) is 10.4 Å². The van der Waals surface area contributed by atoms with Crippen LogP contribution in [0.15, 0.2) is 28.7 Å². The van der Waals surface area contributed by atoms with Crippen molar-refractivity contribution in [1.82, 2.24) is 10.2 Å². The largest absolute Gasteiger partial charge is 0.406 e. The standard InChI is InChI=1S/C11H11ClFN3O/c1-7(12)10-15-16-11(17-10)14-6-8-2-4-9(13)5-3-8/h2-5,7H,6H2,1H3,(H,14,16). The zero-order chi connectivity index (χ0) is 12.3. The molecule has 0 aliphatic carbocycles. The Labute approximate surface area is 103 Å². The second-order valence-corrected chi connectivity index (χ2v) is 4.20. The number of hydrogen-bond donors (Lipinski definition) is 1. The fourth-order valence-electron chi connectivity index (χ4n) is 1.25. The van der Waals surface area contributed by atoms with Gasteiger partial charge in [0.2, 0.25) is 5.89 Å². The summed E-state index contributed by atoms with van der Waals surface area (Å²) < 4.78 is 17.9. The van der Waals surface area contributed by atoms with E-state index in [1.165, 1.54) is 12.1 Å². The van der Waals surface area contributed by atoms with E-state index < -0.39 is 0 Å². The Morgan fingerprint density at radius 1 is 1.35 bits per heavy atom. The van der Waals surface area contributed by atoms with E-state index in [9.17, 15) is 4.39 Å². The van der Waals surface area contributed by atoms with Crippen LogP contribution in [0.5, 0.6) is 0 Å². The first kappa shape index (κ1) is 11.9. The summed E-state index contributed by atoms with van der Waals surface area (Å²) in [7, 11) is 0. The predicted octanol–water partition coefficient (Wildman–Crippen LogP) is 3.12. The average Bonchev–Trinajstić information content (AvgIpc) is 2.77. The van der Waals surface area contributed by atoms with Crippen LogP contribution in [-0.4, -0.2) is 10.2 Å². The van der Waals surface area contributed by atoms with Gasteiger partial charge >= 0.3 is 6.01 Å². The summed E-state index contributed by atoms with van der Waals surface area (Å²) in [5.74, 6) is 0.109.